The fourth-order valence-corrected chi connectivity index (χ4v) is 1.70. The summed E-state index contributed by atoms with van der Waals surface area (Å²) in [7, 11) is 0. The minimum Gasteiger partial charge on any atom is -0.370 e. The molecule has 18 heavy (non-hydrogen) atoms. The molecule has 0 aliphatic carbocycles. The Labute approximate surface area is 109 Å². The van der Waals surface area contributed by atoms with Crippen LogP contribution in [-0.2, 0) is 16.1 Å². The minimum absolute atomic E-state index is 0.00852. The summed E-state index contributed by atoms with van der Waals surface area (Å²) < 4.78 is 5.18. The lowest BCUT2D eigenvalue weighted by molar-refractivity contribution is -0.136. The minimum atomic E-state index is 0.00852. The van der Waals surface area contributed by atoms with E-state index in [1.165, 1.54) is 11.1 Å². The predicted octanol–water partition coefficient (Wildman–Crippen LogP) is 1.32. The fourth-order valence-electron chi connectivity index (χ4n) is 1.70. The average Bonchev–Trinajstić information content (AvgIpc) is 2.38. The van der Waals surface area contributed by atoms with Gasteiger partial charge in [-0.1, -0.05) is 24.3 Å². The van der Waals surface area contributed by atoms with Gasteiger partial charge in [0.15, 0.2) is 0 Å². The Morgan fingerprint density at radius 3 is 2.72 bits per heavy atom. The highest BCUT2D eigenvalue weighted by Gasteiger charge is 2.12. The second kappa shape index (κ2) is 7.84. The highest BCUT2D eigenvalue weighted by atomic mass is 16.5. The van der Waals surface area contributed by atoms with Crippen LogP contribution < -0.4 is 5.73 Å². The third-order valence-corrected chi connectivity index (χ3v) is 2.84. The molecule has 0 radical (unpaired) electrons. The maximum absolute atomic E-state index is 11.9. The molecule has 100 valence electrons. The van der Waals surface area contributed by atoms with Crippen molar-refractivity contribution in [2.75, 3.05) is 26.3 Å². The topological polar surface area (TPSA) is 55.6 Å². The number of nitrogens with zero attached hydrogens (tertiary/aromatic N) is 1. The summed E-state index contributed by atoms with van der Waals surface area (Å²) in [6.45, 7) is 6.31. The predicted molar refractivity (Wildman–Crippen MR) is 72.1 cm³/mol. The summed E-state index contributed by atoms with van der Waals surface area (Å²) in [5, 5.41) is 0. The van der Waals surface area contributed by atoms with Crippen molar-refractivity contribution in [3.8, 4) is 0 Å². The van der Waals surface area contributed by atoms with Crippen molar-refractivity contribution in [1.82, 2.24) is 4.90 Å². The second-order valence-corrected chi connectivity index (χ2v) is 4.18. The van der Waals surface area contributed by atoms with E-state index in [2.05, 4.69) is 13.0 Å². The number of benzene rings is 1. The van der Waals surface area contributed by atoms with Gasteiger partial charge in [-0.05, 0) is 25.0 Å². The molecule has 0 atom stereocenters. The number of carbonyl (C=O) groups is 1. The summed E-state index contributed by atoms with van der Waals surface area (Å²) in [6.07, 6.45) is 0. The van der Waals surface area contributed by atoms with Crippen LogP contribution in [0.25, 0.3) is 0 Å². The lowest BCUT2D eigenvalue weighted by Gasteiger charge is -2.21. The number of hydrogen-bond acceptors (Lipinski definition) is 3. The van der Waals surface area contributed by atoms with Crippen LogP contribution in [0.3, 0.4) is 0 Å². The Balaban J connectivity index is 2.56. The van der Waals surface area contributed by atoms with Crippen LogP contribution >= 0.6 is 0 Å². The molecule has 0 heterocycles. The number of likely N-dealkylation sites (N-methyl/N-ethyl adjacent to an activating group) is 1. The highest BCUT2D eigenvalue weighted by Crippen LogP contribution is 2.10. The van der Waals surface area contributed by atoms with Crippen LogP contribution in [-0.4, -0.2) is 37.1 Å². The van der Waals surface area contributed by atoms with Gasteiger partial charge >= 0.3 is 0 Å². The molecule has 0 unspecified atom stereocenters. The maximum atomic E-state index is 11.9. The number of hydrogen-bond donors (Lipinski definition) is 1. The van der Waals surface area contributed by atoms with E-state index in [1.54, 1.807) is 4.90 Å². The molecule has 0 spiro atoms. The molecule has 2 N–H and O–H groups in total. The van der Waals surface area contributed by atoms with Crippen molar-refractivity contribution < 1.29 is 9.53 Å². The van der Waals surface area contributed by atoms with E-state index in [9.17, 15) is 4.79 Å². The fraction of sp³-hybridized carbons (Fsp3) is 0.500. The van der Waals surface area contributed by atoms with Crippen LogP contribution in [0.5, 0.6) is 0 Å². The summed E-state index contributed by atoms with van der Waals surface area (Å²) in [4.78, 5) is 13.7. The average molecular weight is 250 g/mol. The molecule has 0 saturated heterocycles. The van der Waals surface area contributed by atoms with Crippen LogP contribution in [0.4, 0.5) is 0 Å². The zero-order chi connectivity index (χ0) is 13.4. The Bertz CT molecular complexity index is 380. The van der Waals surface area contributed by atoms with Crippen molar-refractivity contribution in [3.05, 3.63) is 35.4 Å². The standard InChI is InChI=1S/C14H22N2O2/c1-3-16(14(17)11-18-9-8-15)10-13-7-5-4-6-12(13)2/h4-7H,3,8-11,15H2,1-2H3. The number of nitrogens with two attached hydrogens (primary N) is 1. The van der Waals surface area contributed by atoms with Crippen molar-refractivity contribution >= 4 is 5.91 Å². The molecule has 4 nitrogen and oxygen atoms in total. The maximum Gasteiger partial charge on any atom is 0.248 e. The van der Waals surface area contributed by atoms with Crippen molar-refractivity contribution in [2.45, 2.75) is 20.4 Å². The monoisotopic (exact) mass is 250 g/mol. The van der Waals surface area contributed by atoms with Gasteiger partial charge in [-0.3, -0.25) is 4.79 Å². The molecule has 0 saturated carbocycles. The first-order valence-corrected chi connectivity index (χ1v) is 6.29. The number of rotatable bonds is 7. The SMILES string of the molecule is CCN(Cc1ccccc1C)C(=O)COCCN. The lowest BCUT2D eigenvalue weighted by Crippen LogP contribution is -2.34. The van der Waals surface area contributed by atoms with E-state index in [0.29, 0.717) is 26.2 Å². The first kappa shape index (κ1) is 14.7. The molecule has 1 aromatic carbocycles. The third-order valence-electron chi connectivity index (χ3n) is 2.84. The van der Waals surface area contributed by atoms with Gasteiger partial charge in [0.1, 0.15) is 6.61 Å². The normalized spacial score (nSPS) is 10.4. The zero-order valence-electron chi connectivity index (χ0n) is 11.2. The Morgan fingerprint density at radius 2 is 2.11 bits per heavy atom. The van der Waals surface area contributed by atoms with Crippen LogP contribution in [0.2, 0.25) is 0 Å². The number of carbonyl (C=O) groups excluding carboxylic acids is 1. The molecular weight excluding hydrogens is 228 g/mol. The number of aryl methyl sites for hydroxylation is 1. The first-order valence-electron chi connectivity index (χ1n) is 6.29. The second-order valence-electron chi connectivity index (χ2n) is 4.18. The summed E-state index contributed by atoms with van der Waals surface area (Å²) in [5.74, 6) is 0.00852. The molecule has 1 amide bonds. The third kappa shape index (κ3) is 4.47. The Morgan fingerprint density at radius 1 is 1.39 bits per heavy atom. The lowest BCUT2D eigenvalue weighted by atomic mass is 10.1. The largest absolute Gasteiger partial charge is 0.370 e. The van der Waals surface area contributed by atoms with Gasteiger partial charge in [0, 0.05) is 19.6 Å². The zero-order valence-corrected chi connectivity index (χ0v) is 11.2. The van der Waals surface area contributed by atoms with Gasteiger partial charge in [0.2, 0.25) is 5.91 Å². The van der Waals surface area contributed by atoms with Crippen LogP contribution in [0.1, 0.15) is 18.1 Å². The van der Waals surface area contributed by atoms with Gasteiger partial charge in [-0.25, -0.2) is 0 Å². The van der Waals surface area contributed by atoms with Gasteiger partial charge in [-0.15, -0.1) is 0 Å². The van der Waals surface area contributed by atoms with E-state index in [4.69, 9.17) is 10.5 Å². The molecule has 4 heteroatoms. The van der Waals surface area contributed by atoms with Gasteiger partial charge in [0.05, 0.1) is 6.61 Å². The van der Waals surface area contributed by atoms with Gasteiger partial charge < -0.3 is 15.4 Å². The summed E-state index contributed by atoms with van der Waals surface area (Å²) in [5.41, 5.74) is 7.69. The first-order chi connectivity index (χ1) is 8.69. The van der Waals surface area contributed by atoms with E-state index in [-0.39, 0.29) is 12.5 Å². The molecule has 0 fully saturated rings. The Kier molecular flexibility index (Phi) is 6.39. The summed E-state index contributed by atoms with van der Waals surface area (Å²) >= 11 is 0. The van der Waals surface area contributed by atoms with Crippen molar-refractivity contribution in [3.63, 3.8) is 0 Å². The molecular formula is C14H22N2O2. The molecule has 0 aliphatic heterocycles. The Hall–Kier alpha value is -1.39. The molecule has 1 rings (SSSR count). The highest BCUT2D eigenvalue weighted by molar-refractivity contribution is 5.77. The van der Waals surface area contributed by atoms with Gasteiger partial charge in [-0.2, -0.15) is 0 Å². The summed E-state index contributed by atoms with van der Waals surface area (Å²) in [6, 6.07) is 8.09. The van der Waals surface area contributed by atoms with E-state index < -0.39 is 0 Å². The molecule has 1 aromatic rings. The quantitative estimate of drug-likeness (QED) is 0.743. The van der Waals surface area contributed by atoms with Crippen LogP contribution in [0, 0.1) is 6.92 Å². The molecule has 0 bridgehead atoms. The number of amides is 1. The van der Waals surface area contributed by atoms with Crippen molar-refractivity contribution in [1.29, 1.82) is 0 Å². The van der Waals surface area contributed by atoms with Crippen molar-refractivity contribution in [2.24, 2.45) is 5.73 Å². The van der Waals surface area contributed by atoms with E-state index in [0.717, 1.165) is 0 Å². The van der Waals surface area contributed by atoms with Gasteiger partial charge in [0.25, 0.3) is 0 Å². The molecule has 0 aliphatic rings. The van der Waals surface area contributed by atoms with E-state index >= 15 is 0 Å². The smallest absolute Gasteiger partial charge is 0.248 e. The van der Waals surface area contributed by atoms with E-state index in [1.807, 2.05) is 25.1 Å². The molecule has 0 aromatic heterocycles. The number of ether oxygens (including phenoxy) is 1. The van der Waals surface area contributed by atoms with Crippen LogP contribution in [0.15, 0.2) is 24.3 Å².